The van der Waals surface area contributed by atoms with E-state index in [4.69, 9.17) is 23.2 Å². The van der Waals surface area contributed by atoms with Crippen molar-refractivity contribution in [1.82, 2.24) is 0 Å². The van der Waals surface area contributed by atoms with E-state index >= 15 is 0 Å². The molecule has 5 heteroatoms. The number of hydrogen-bond acceptors (Lipinski definition) is 0. The normalized spacial score (nSPS) is 14.0. The monoisotopic (exact) mass is 964 g/mol. The summed E-state index contributed by atoms with van der Waals surface area (Å²) in [6.07, 6.45) is 12.9. The summed E-state index contributed by atoms with van der Waals surface area (Å²) in [5, 5.41) is 1.53. The van der Waals surface area contributed by atoms with E-state index in [2.05, 4.69) is 170 Å². The van der Waals surface area contributed by atoms with Gasteiger partial charge in [0.2, 0.25) is 0 Å². The summed E-state index contributed by atoms with van der Waals surface area (Å²) >= 11 is 12.3. The molecule has 0 heterocycles. The fourth-order valence-corrected chi connectivity index (χ4v) is 7.18. The molecular weight excluding hydrogens is 894 g/mol. The molecule has 0 aliphatic heterocycles. The van der Waals surface area contributed by atoms with Crippen LogP contribution in [0.3, 0.4) is 0 Å². The third kappa shape index (κ3) is 18.2. The number of unbranched alkanes of at least 4 members (excludes halogenated alkanes) is 1. The number of benzene rings is 4. The van der Waals surface area contributed by atoms with Crippen molar-refractivity contribution in [2.45, 2.75) is 158 Å². The predicted molar refractivity (Wildman–Crippen MR) is 269 cm³/mol. The standard InChI is InChI=1S/C29H41.C13H21.2C6H4Cl.CH2.2ClH.Zr/c1-26(2,3)22-14-18-13-19-15-23(27(4,5)6)25(29(10,11)12)17-21(19)20(18)16-24(22)28(7,8)9;1-5-6-7-11-8-9-12(10-11)13(2,3)4;2*7-6-4-2-1-3-5-6;;;;/h14,16-17H,13H2,1-12H3;9-11H,5-7H2,1-4H3;2*2-5H;1H2;2*1H;/q4*-1;;;;. The summed E-state index contributed by atoms with van der Waals surface area (Å²) in [5.74, 6) is 0.592. The first-order valence-corrected chi connectivity index (χ1v) is 23.4. The Bertz CT molecular complexity index is 1820. The van der Waals surface area contributed by atoms with Gasteiger partial charge in [0.25, 0.3) is 0 Å². The molecule has 0 nitrogen and oxygen atoms in total. The molecule has 2 aliphatic rings. The molecule has 6 rings (SSSR count). The van der Waals surface area contributed by atoms with Crippen LogP contribution < -0.4 is 0 Å². The Labute approximate surface area is 406 Å². The maximum absolute atomic E-state index is 5.52. The van der Waals surface area contributed by atoms with Crippen molar-refractivity contribution >= 4 is 52.2 Å². The Morgan fingerprint density at radius 1 is 0.617 bits per heavy atom. The quantitative estimate of drug-likeness (QED) is 0.158. The summed E-state index contributed by atoms with van der Waals surface area (Å²) in [6, 6.07) is 31.4. The Hall–Kier alpha value is -1.73. The topological polar surface area (TPSA) is 0 Å². The van der Waals surface area contributed by atoms with Crippen LogP contribution in [0, 0.1) is 35.6 Å². The van der Waals surface area contributed by atoms with Crippen molar-refractivity contribution < 1.29 is 24.2 Å². The van der Waals surface area contributed by atoms with Crippen molar-refractivity contribution in [3.8, 4) is 11.1 Å². The van der Waals surface area contributed by atoms with Gasteiger partial charge >= 0.3 is 28.4 Å². The summed E-state index contributed by atoms with van der Waals surface area (Å²) < 4.78 is 3.34. The number of fused-ring (bicyclic) bond motifs is 3. The van der Waals surface area contributed by atoms with Gasteiger partial charge in [-0.05, 0) is 39.4 Å². The Kier molecular flexibility index (Phi) is 24.2. The molecule has 0 N–H and O–H groups in total. The Morgan fingerprint density at radius 3 is 1.40 bits per heavy atom. The van der Waals surface area contributed by atoms with Crippen LogP contribution in [-0.4, -0.2) is 4.21 Å². The van der Waals surface area contributed by atoms with Gasteiger partial charge in [0.05, 0.1) is 0 Å². The maximum atomic E-state index is 5.52. The molecule has 4 aromatic rings. The van der Waals surface area contributed by atoms with Crippen LogP contribution in [0.5, 0.6) is 0 Å². The van der Waals surface area contributed by atoms with Gasteiger partial charge < -0.3 is 0 Å². The van der Waals surface area contributed by atoms with Crippen molar-refractivity contribution in [2.24, 2.45) is 11.3 Å². The molecule has 0 bridgehead atoms. The van der Waals surface area contributed by atoms with Crippen LogP contribution in [0.1, 0.15) is 163 Å². The first kappa shape index (κ1) is 58.3. The molecular formula is C55H74Cl4Zr-4. The van der Waals surface area contributed by atoms with Gasteiger partial charge in [-0.1, -0.05) is 175 Å². The number of hydrogen-bond donors (Lipinski definition) is 0. The van der Waals surface area contributed by atoms with Crippen LogP contribution in [0.25, 0.3) is 11.1 Å². The average Bonchev–Trinajstić information content (AvgIpc) is 3.75. The molecule has 4 aromatic carbocycles. The average molecular weight is 968 g/mol. The van der Waals surface area contributed by atoms with Gasteiger partial charge in [-0.3, -0.25) is 6.08 Å². The van der Waals surface area contributed by atoms with Crippen LogP contribution in [0.4, 0.5) is 0 Å². The third-order valence-corrected chi connectivity index (χ3v) is 10.7. The second-order valence-electron chi connectivity index (χ2n) is 20.6. The van der Waals surface area contributed by atoms with Crippen molar-refractivity contribution in [1.29, 1.82) is 0 Å². The number of halogens is 4. The van der Waals surface area contributed by atoms with Gasteiger partial charge in [-0.2, -0.15) is 90.0 Å². The minimum absolute atomic E-state index is 0. The molecule has 0 radical (unpaired) electrons. The fourth-order valence-electron chi connectivity index (χ4n) is 6.93. The Morgan fingerprint density at radius 2 is 1.05 bits per heavy atom. The zero-order valence-electron chi connectivity index (χ0n) is 39.7. The zero-order valence-corrected chi connectivity index (χ0v) is 45.3. The summed E-state index contributed by atoms with van der Waals surface area (Å²) in [7, 11) is 0. The van der Waals surface area contributed by atoms with E-state index in [1.54, 1.807) is 48.5 Å². The second kappa shape index (κ2) is 24.9. The third-order valence-electron chi connectivity index (χ3n) is 10.2. The molecule has 0 spiro atoms. The number of rotatable bonds is 3. The minimum atomic E-state index is 0. The zero-order chi connectivity index (χ0) is 44.3. The molecule has 2 aliphatic carbocycles. The van der Waals surface area contributed by atoms with Crippen LogP contribution >= 0.6 is 48.0 Å². The molecule has 0 aromatic heterocycles. The van der Waals surface area contributed by atoms with Crippen LogP contribution in [0.2, 0.25) is 10.0 Å². The van der Waals surface area contributed by atoms with E-state index in [9.17, 15) is 0 Å². The van der Waals surface area contributed by atoms with E-state index in [0.717, 1.165) is 16.5 Å². The first-order valence-electron chi connectivity index (χ1n) is 20.9. The molecule has 1 unspecified atom stereocenters. The summed E-state index contributed by atoms with van der Waals surface area (Å²) in [6.45, 7) is 37.0. The van der Waals surface area contributed by atoms with E-state index in [1.807, 2.05) is 0 Å². The fraction of sp³-hybridized carbons (Fsp3) is 0.473. The molecule has 1 atom stereocenters. The molecule has 330 valence electrons. The SMILES string of the molecule is CC(C)(C)c1[c-]c2c(cc1C(C)(C)C)-c1cc(C(C)(C)C)c(C(C)(C)C)cc1C2.CCCCC1[C-]=CC(C(C)(C)C)=C1.Cl.Cl.Clc1cc[c-]cc1.Clc1cc[c-]cc1.[CH2]=[Zr]. The van der Waals surface area contributed by atoms with Gasteiger partial charge in [0.15, 0.2) is 0 Å². The Balaban J connectivity index is 0.000000919. The van der Waals surface area contributed by atoms with E-state index in [1.165, 1.54) is 93.6 Å². The van der Waals surface area contributed by atoms with Gasteiger partial charge in [-0.15, -0.1) is 64.7 Å². The van der Waals surface area contributed by atoms with Gasteiger partial charge in [-0.25, -0.2) is 6.08 Å². The molecule has 0 fully saturated rings. The molecule has 0 saturated heterocycles. The van der Waals surface area contributed by atoms with Crippen LogP contribution in [-0.2, 0) is 52.3 Å². The van der Waals surface area contributed by atoms with Crippen molar-refractivity contribution in [2.75, 3.05) is 0 Å². The van der Waals surface area contributed by atoms with Gasteiger partial charge in [0.1, 0.15) is 0 Å². The summed E-state index contributed by atoms with van der Waals surface area (Å²) in [5.41, 5.74) is 13.7. The molecule has 0 saturated carbocycles. The van der Waals surface area contributed by atoms with Crippen molar-refractivity contribution in [3.05, 3.63) is 152 Å². The van der Waals surface area contributed by atoms with E-state index < -0.39 is 0 Å². The summed E-state index contributed by atoms with van der Waals surface area (Å²) in [4.78, 5) is 0. The van der Waals surface area contributed by atoms with Crippen LogP contribution in [0.15, 0.2) is 84.5 Å². The van der Waals surface area contributed by atoms with E-state index in [-0.39, 0.29) is 46.5 Å². The molecule has 60 heavy (non-hydrogen) atoms. The predicted octanol–water partition coefficient (Wildman–Crippen LogP) is 17.5. The first-order chi connectivity index (χ1) is 26.7. The number of allylic oxidation sites excluding steroid dienone is 4. The van der Waals surface area contributed by atoms with E-state index in [0.29, 0.717) is 11.3 Å². The second-order valence-corrected chi connectivity index (χ2v) is 21.4. The molecule has 0 amide bonds. The van der Waals surface area contributed by atoms with Crippen molar-refractivity contribution in [3.63, 3.8) is 0 Å². The van der Waals surface area contributed by atoms with Gasteiger partial charge in [0, 0.05) is 0 Å².